The molecule has 0 saturated heterocycles. The van der Waals surface area contributed by atoms with E-state index < -0.39 is 11.7 Å². The average Bonchev–Trinajstić information content (AvgIpc) is 3.20. The highest BCUT2D eigenvalue weighted by molar-refractivity contribution is 7.99. The normalized spacial score (nSPS) is 10.6. The molecule has 2 N–H and O–H groups in total. The number of nitrogens with one attached hydrogen (secondary N) is 2. The van der Waals surface area contributed by atoms with Gasteiger partial charge in [0, 0.05) is 24.5 Å². The fourth-order valence-electron chi connectivity index (χ4n) is 3.05. The van der Waals surface area contributed by atoms with Crippen LogP contribution in [-0.2, 0) is 17.8 Å². The maximum atomic E-state index is 13.8. The van der Waals surface area contributed by atoms with E-state index in [1.165, 1.54) is 37.1 Å². The molecule has 178 valence electrons. The summed E-state index contributed by atoms with van der Waals surface area (Å²) in [7, 11) is 1.51. The number of anilines is 1. The molecule has 1 aromatic heterocycles. The molecule has 3 rings (SSSR count). The van der Waals surface area contributed by atoms with Gasteiger partial charge in [0.2, 0.25) is 5.91 Å². The van der Waals surface area contributed by atoms with E-state index in [1.807, 2.05) is 0 Å². The number of rotatable bonds is 11. The number of halogens is 2. The van der Waals surface area contributed by atoms with E-state index in [2.05, 4.69) is 27.4 Å². The highest BCUT2D eigenvalue weighted by atomic mass is 35.5. The van der Waals surface area contributed by atoms with Crippen LogP contribution in [0.3, 0.4) is 0 Å². The van der Waals surface area contributed by atoms with Crippen molar-refractivity contribution in [1.82, 2.24) is 20.1 Å². The first-order valence-electron chi connectivity index (χ1n) is 10.2. The van der Waals surface area contributed by atoms with Crippen molar-refractivity contribution >= 4 is 40.9 Å². The predicted molar refractivity (Wildman–Crippen MR) is 130 cm³/mol. The Balaban J connectivity index is 1.58. The summed E-state index contributed by atoms with van der Waals surface area (Å²) in [5.74, 6) is -0.171. The van der Waals surface area contributed by atoms with Crippen LogP contribution in [0.15, 0.2) is 60.3 Å². The molecule has 0 unspecified atom stereocenters. The first kappa shape index (κ1) is 25.3. The van der Waals surface area contributed by atoms with Crippen molar-refractivity contribution in [3.63, 3.8) is 0 Å². The van der Waals surface area contributed by atoms with Crippen LogP contribution in [0.2, 0.25) is 5.02 Å². The Kier molecular flexibility index (Phi) is 9.06. The Morgan fingerprint density at radius 1 is 1.26 bits per heavy atom. The third-order valence-corrected chi connectivity index (χ3v) is 5.83. The van der Waals surface area contributed by atoms with Gasteiger partial charge in [0.1, 0.15) is 17.4 Å². The summed E-state index contributed by atoms with van der Waals surface area (Å²) < 4.78 is 20.8. The largest absolute Gasteiger partial charge is 0.495 e. The zero-order valence-corrected chi connectivity index (χ0v) is 20.0. The van der Waals surface area contributed by atoms with Crippen LogP contribution in [0.25, 0.3) is 0 Å². The molecule has 2 amide bonds. The number of hydrogen-bond acceptors (Lipinski definition) is 6. The maximum absolute atomic E-state index is 13.8. The Morgan fingerprint density at radius 3 is 2.79 bits per heavy atom. The molecule has 2 aromatic carbocycles. The number of methoxy groups -OCH3 is 1. The summed E-state index contributed by atoms with van der Waals surface area (Å²) in [6, 6.07) is 10.7. The summed E-state index contributed by atoms with van der Waals surface area (Å²) in [4.78, 5) is 24.7. The number of hydrogen-bond donors (Lipinski definition) is 2. The molecule has 0 spiro atoms. The van der Waals surface area contributed by atoms with Gasteiger partial charge in [0.05, 0.1) is 24.1 Å². The molecular formula is C23H23ClFN5O3S. The van der Waals surface area contributed by atoms with Crippen LogP contribution in [0.1, 0.15) is 16.2 Å². The fourth-order valence-corrected chi connectivity index (χ4v) is 3.98. The summed E-state index contributed by atoms with van der Waals surface area (Å²) in [5, 5.41) is 14.8. The fraction of sp³-hybridized carbons (Fsp3) is 0.217. The molecule has 0 aliphatic carbocycles. The number of carbonyl (C=O) groups excluding carboxylic acids is 2. The third-order valence-electron chi connectivity index (χ3n) is 4.63. The molecule has 8 nitrogen and oxygen atoms in total. The van der Waals surface area contributed by atoms with Crippen molar-refractivity contribution in [1.29, 1.82) is 0 Å². The van der Waals surface area contributed by atoms with Crippen molar-refractivity contribution in [2.45, 2.75) is 18.1 Å². The van der Waals surface area contributed by atoms with Gasteiger partial charge in [0.25, 0.3) is 5.91 Å². The van der Waals surface area contributed by atoms with Crippen LogP contribution >= 0.6 is 23.4 Å². The summed E-state index contributed by atoms with van der Waals surface area (Å²) in [5.41, 5.74) is 0.452. The zero-order chi connectivity index (χ0) is 24.5. The minimum Gasteiger partial charge on any atom is -0.495 e. The topological polar surface area (TPSA) is 98.1 Å². The van der Waals surface area contributed by atoms with Gasteiger partial charge >= 0.3 is 0 Å². The number of nitrogens with zero attached hydrogens (tertiary/aromatic N) is 3. The summed E-state index contributed by atoms with van der Waals surface area (Å²) in [6.07, 6.45) is 2.05. The smallest absolute Gasteiger partial charge is 0.254 e. The molecular weight excluding hydrogens is 481 g/mol. The molecule has 0 aliphatic rings. The second kappa shape index (κ2) is 12.2. The minimum atomic E-state index is -0.581. The van der Waals surface area contributed by atoms with E-state index >= 15 is 0 Å². The number of ether oxygens (including phenoxy) is 1. The molecule has 1 heterocycles. The van der Waals surface area contributed by atoms with E-state index in [-0.39, 0.29) is 23.8 Å². The molecule has 0 atom stereocenters. The molecule has 0 aliphatic heterocycles. The summed E-state index contributed by atoms with van der Waals surface area (Å²) >= 11 is 7.21. The molecule has 0 bridgehead atoms. The van der Waals surface area contributed by atoms with Gasteiger partial charge in [-0.05, 0) is 30.3 Å². The molecule has 0 saturated carbocycles. The molecule has 11 heteroatoms. The molecule has 34 heavy (non-hydrogen) atoms. The third kappa shape index (κ3) is 6.58. The predicted octanol–water partition coefficient (Wildman–Crippen LogP) is 3.97. The van der Waals surface area contributed by atoms with E-state index in [0.29, 0.717) is 40.4 Å². The van der Waals surface area contributed by atoms with Gasteiger partial charge in [-0.2, -0.15) is 0 Å². The lowest BCUT2D eigenvalue weighted by Crippen LogP contribution is -2.27. The SMILES string of the molecule is C=CCn1c(CCNC(=O)c2ccccc2F)nnc1SCC(=O)Nc1cc(Cl)ccc1OC. The van der Waals surface area contributed by atoms with Crippen molar-refractivity contribution in [3.05, 3.63) is 77.3 Å². The van der Waals surface area contributed by atoms with Crippen molar-refractivity contribution in [2.24, 2.45) is 0 Å². The highest BCUT2D eigenvalue weighted by Crippen LogP contribution is 2.28. The lowest BCUT2D eigenvalue weighted by atomic mass is 10.2. The number of aromatic nitrogens is 3. The minimum absolute atomic E-state index is 0.0198. The van der Waals surface area contributed by atoms with Gasteiger partial charge in [-0.25, -0.2) is 4.39 Å². The van der Waals surface area contributed by atoms with Gasteiger partial charge in [0.15, 0.2) is 5.16 Å². The Bertz CT molecular complexity index is 1190. The van der Waals surface area contributed by atoms with Crippen LogP contribution in [0, 0.1) is 5.82 Å². The van der Waals surface area contributed by atoms with Crippen LogP contribution in [-0.4, -0.2) is 46.0 Å². The standard InChI is InChI=1S/C23H23ClFN5O3S/c1-3-12-30-20(10-11-26-22(32)16-6-4-5-7-17(16)25)28-29-23(30)34-14-21(31)27-18-13-15(24)8-9-19(18)33-2/h3-9,13H,1,10-12,14H2,2H3,(H,26,32)(H,27,31). The van der Waals surface area contributed by atoms with E-state index in [9.17, 15) is 14.0 Å². The lowest BCUT2D eigenvalue weighted by Gasteiger charge is -2.11. The number of benzene rings is 2. The Morgan fingerprint density at radius 2 is 2.06 bits per heavy atom. The quantitative estimate of drug-likeness (QED) is 0.303. The van der Waals surface area contributed by atoms with E-state index in [4.69, 9.17) is 16.3 Å². The molecule has 0 fully saturated rings. The number of carbonyl (C=O) groups is 2. The Hall–Kier alpha value is -3.37. The number of allylic oxidation sites excluding steroid dienone is 1. The van der Waals surface area contributed by atoms with Crippen molar-refractivity contribution in [2.75, 3.05) is 24.7 Å². The highest BCUT2D eigenvalue weighted by Gasteiger charge is 2.16. The monoisotopic (exact) mass is 503 g/mol. The van der Waals surface area contributed by atoms with Crippen molar-refractivity contribution in [3.8, 4) is 5.75 Å². The summed E-state index contributed by atoms with van der Waals surface area (Å²) in [6.45, 7) is 4.42. The van der Waals surface area contributed by atoms with Crippen LogP contribution in [0.4, 0.5) is 10.1 Å². The molecule has 0 radical (unpaired) electrons. The average molecular weight is 504 g/mol. The van der Waals surface area contributed by atoms with Crippen molar-refractivity contribution < 1.29 is 18.7 Å². The van der Waals surface area contributed by atoms with Gasteiger partial charge in [-0.1, -0.05) is 41.6 Å². The molecule has 3 aromatic rings. The second-order valence-electron chi connectivity index (χ2n) is 6.97. The second-order valence-corrected chi connectivity index (χ2v) is 8.34. The van der Waals surface area contributed by atoms with E-state index in [0.717, 1.165) is 0 Å². The van der Waals surface area contributed by atoms with Crippen LogP contribution in [0.5, 0.6) is 5.75 Å². The van der Waals surface area contributed by atoms with Gasteiger partial charge in [-0.15, -0.1) is 16.8 Å². The number of thioether (sulfide) groups is 1. The van der Waals surface area contributed by atoms with Crippen LogP contribution < -0.4 is 15.4 Å². The first-order valence-corrected chi connectivity index (χ1v) is 11.6. The van der Waals surface area contributed by atoms with E-state index in [1.54, 1.807) is 34.9 Å². The first-order chi connectivity index (χ1) is 16.4. The van der Waals surface area contributed by atoms with Gasteiger partial charge < -0.3 is 19.9 Å². The Labute approximate surface area is 205 Å². The maximum Gasteiger partial charge on any atom is 0.254 e. The number of amides is 2. The lowest BCUT2D eigenvalue weighted by molar-refractivity contribution is -0.113. The zero-order valence-electron chi connectivity index (χ0n) is 18.4. The van der Waals surface area contributed by atoms with Gasteiger partial charge in [-0.3, -0.25) is 9.59 Å².